The Bertz CT molecular complexity index is 963. The summed E-state index contributed by atoms with van der Waals surface area (Å²) >= 11 is 0. The van der Waals surface area contributed by atoms with Crippen LogP contribution in [0.4, 0.5) is 0 Å². The Morgan fingerprint density at radius 2 is 1.40 bits per heavy atom. The number of nitrogens with zero attached hydrogens (tertiary/aromatic N) is 2. The minimum Gasteiger partial charge on any atom is -0.484 e. The van der Waals surface area contributed by atoms with Gasteiger partial charge >= 0.3 is 0 Å². The van der Waals surface area contributed by atoms with E-state index in [-0.39, 0.29) is 18.4 Å². The van der Waals surface area contributed by atoms with Crippen LogP contribution in [0, 0.1) is 0 Å². The van der Waals surface area contributed by atoms with Gasteiger partial charge in [-0.3, -0.25) is 9.59 Å². The van der Waals surface area contributed by atoms with Crippen LogP contribution in [0.3, 0.4) is 0 Å². The highest BCUT2D eigenvalue weighted by Crippen LogP contribution is 2.23. The highest BCUT2D eigenvalue weighted by molar-refractivity contribution is 5.91. The topological polar surface area (TPSA) is 72.2 Å². The summed E-state index contributed by atoms with van der Waals surface area (Å²) in [7, 11) is 0. The molecule has 30 heavy (non-hydrogen) atoms. The summed E-state index contributed by atoms with van der Waals surface area (Å²) in [6.07, 6.45) is 1.48. The van der Waals surface area contributed by atoms with Crippen LogP contribution in [0.2, 0.25) is 0 Å². The van der Waals surface area contributed by atoms with Crippen LogP contribution >= 0.6 is 0 Å². The number of benzene rings is 2. The van der Waals surface area contributed by atoms with E-state index in [1.807, 2.05) is 30.3 Å². The van der Waals surface area contributed by atoms with E-state index in [9.17, 15) is 9.59 Å². The van der Waals surface area contributed by atoms with Crippen LogP contribution in [-0.4, -0.2) is 54.4 Å². The first-order chi connectivity index (χ1) is 14.7. The largest absolute Gasteiger partial charge is 0.484 e. The number of amides is 2. The highest BCUT2D eigenvalue weighted by Gasteiger charge is 2.26. The molecule has 1 aliphatic rings. The predicted molar refractivity (Wildman–Crippen MR) is 110 cm³/mol. The van der Waals surface area contributed by atoms with E-state index >= 15 is 0 Å². The van der Waals surface area contributed by atoms with Gasteiger partial charge in [-0.05, 0) is 48.5 Å². The van der Waals surface area contributed by atoms with Crippen molar-refractivity contribution in [3.8, 4) is 17.2 Å². The second kappa shape index (κ2) is 9.17. The zero-order valence-corrected chi connectivity index (χ0v) is 16.4. The molecule has 2 heterocycles. The number of hydrogen-bond acceptors (Lipinski definition) is 5. The molecule has 7 nitrogen and oxygen atoms in total. The molecule has 0 bridgehead atoms. The van der Waals surface area contributed by atoms with Gasteiger partial charge in [-0.25, -0.2) is 0 Å². The van der Waals surface area contributed by atoms with E-state index in [4.69, 9.17) is 13.9 Å². The molecular formula is C23H22N2O5. The van der Waals surface area contributed by atoms with Gasteiger partial charge in [0.25, 0.3) is 11.8 Å². The van der Waals surface area contributed by atoms with Gasteiger partial charge in [-0.2, -0.15) is 0 Å². The Balaban J connectivity index is 1.22. The summed E-state index contributed by atoms with van der Waals surface area (Å²) in [5.41, 5.74) is 0. The fourth-order valence-corrected chi connectivity index (χ4v) is 3.18. The molecule has 3 aromatic rings. The molecular weight excluding hydrogens is 384 g/mol. The summed E-state index contributed by atoms with van der Waals surface area (Å²) in [5.74, 6) is 2.10. The fraction of sp³-hybridized carbons (Fsp3) is 0.217. The Kier molecular flexibility index (Phi) is 5.98. The Morgan fingerprint density at radius 1 is 0.767 bits per heavy atom. The van der Waals surface area contributed by atoms with E-state index in [1.54, 1.807) is 46.2 Å². The third-order valence-corrected chi connectivity index (χ3v) is 4.82. The molecule has 4 rings (SSSR count). The number of hydrogen-bond donors (Lipinski definition) is 0. The van der Waals surface area contributed by atoms with Gasteiger partial charge in [-0.1, -0.05) is 18.2 Å². The second-order valence-electron chi connectivity index (χ2n) is 6.83. The van der Waals surface area contributed by atoms with Crippen LogP contribution in [0.1, 0.15) is 10.6 Å². The third kappa shape index (κ3) is 4.81. The van der Waals surface area contributed by atoms with E-state index in [2.05, 4.69) is 0 Å². The first kappa shape index (κ1) is 19.6. The first-order valence-electron chi connectivity index (χ1n) is 9.75. The lowest BCUT2D eigenvalue weighted by Gasteiger charge is -2.34. The predicted octanol–water partition coefficient (Wildman–Crippen LogP) is 3.44. The van der Waals surface area contributed by atoms with E-state index in [1.165, 1.54) is 6.26 Å². The molecule has 0 unspecified atom stereocenters. The minimum absolute atomic E-state index is 0.0506. The minimum atomic E-state index is -0.152. The number of ether oxygens (including phenoxy) is 2. The van der Waals surface area contributed by atoms with Crippen molar-refractivity contribution in [1.82, 2.24) is 9.80 Å². The maximum atomic E-state index is 12.4. The van der Waals surface area contributed by atoms with Crippen LogP contribution in [0.15, 0.2) is 77.4 Å². The summed E-state index contributed by atoms with van der Waals surface area (Å²) < 4.78 is 16.5. The van der Waals surface area contributed by atoms with Crippen molar-refractivity contribution in [2.24, 2.45) is 0 Å². The lowest BCUT2D eigenvalue weighted by atomic mass is 10.3. The lowest BCUT2D eigenvalue weighted by molar-refractivity contribution is -0.134. The van der Waals surface area contributed by atoms with Crippen molar-refractivity contribution in [2.75, 3.05) is 32.8 Å². The SMILES string of the molecule is O=C(COc1ccc(Oc2ccccc2)cc1)N1CCN(C(=O)c2ccco2)CC1. The van der Waals surface area contributed by atoms with Crippen molar-refractivity contribution in [3.05, 3.63) is 78.8 Å². The molecule has 0 spiro atoms. The molecule has 1 aromatic heterocycles. The zero-order valence-electron chi connectivity index (χ0n) is 16.4. The van der Waals surface area contributed by atoms with Crippen molar-refractivity contribution in [2.45, 2.75) is 0 Å². The van der Waals surface area contributed by atoms with Gasteiger partial charge in [0.15, 0.2) is 12.4 Å². The third-order valence-electron chi connectivity index (χ3n) is 4.82. The van der Waals surface area contributed by atoms with Crippen LogP contribution in [0.5, 0.6) is 17.2 Å². The zero-order chi connectivity index (χ0) is 20.8. The normalized spacial score (nSPS) is 13.7. The van der Waals surface area contributed by atoms with E-state index < -0.39 is 0 Å². The number of carbonyl (C=O) groups excluding carboxylic acids is 2. The quantitative estimate of drug-likeness (QED) is 0.627. The molecule has 1 saturated heterocycles. The summed E-state index contributed by atoms with van der Waals surface area (Å²) in [5, 5.41) is 0. The van der Waals surface area contributed by atoms with Crippen molar-refractivity contribution in [3.63, 3.8) is 0 Å². The van der Waals surface area contributed by atoms with Gasteiger partial charge < -0.3 is 23.7 Å². The molecule has 0 N–H and O–H groups in total. The van der Waals surface area contributed by atoms with Gasteiger partial charge in [0.2, 0.25) is 0 Å². The molecule has 0 atom stereocenters. The number of piperazine rings is 1. The van der Waals surface area contributed by atoms with Crippen LogP contribution in [0.25, 0.3) is 0 Å². The number of para-hydroxylation sites is 1. The molecule has 1 fully saturated rings. The molecule has 2 aromatic carbocycles. The van der Waals surface area contributed by atoms with Gasteiger partial charge in [0, 0.05) is 26.2 Å². The summed E-state index contributed by atoms with van der Waals surface area (Å²) in [4.78, 5) is 28.1. The molecule has 1 aliphatic heterocycles. The molecule has 0 aliphatic carbocycles. The average Bonchev–Trinajstić information content (AvgIpc) is 3.34. The number of rotatable bonds is 6. The number of furan rings is 1. The van der Waals surface area contributed by atoms with Crippen LogP contribution < -0.4 is 9.47 Å². The highest BCUT2D eigenvalue weighted by atomic mass is 16.5. The van der Waals surface area contributed by atoms with Crippen LogP contribution in [-0.2, 0) is 4.79 Å². The summed E-state index contributed by atoms with van der Waals surface area (Å²) in [6.45, 7) is 1.83. The second-order valence-corrected chi connectivity index (χ2v) is 6.83. The maximum absolute atomic E-state index is 12.4. The Morgan fingerprint density at radius 3 is 2.07 bits per heavy atom. The first-order valence-corrected chi connectivity index (χ1v) is 9.75. The van der Waals surface area contributed by atoms with Gasteiger partial charge in [0.05, 0.1) is 6.26 Å². The van der Waals surface area contributed by atoms with E-state index in [0.717, 1.165) is 5.75 Å². The molecule has 2 amide bonds. The van der Waals surface area contributed by atoms with Crippen molar-refractivity contribution < 1.29 is 23.5 Å². The fourth-order valence-electron chi connectivity index (χ4n) is 3.18. The van der Waals surface area contributed by atoms with Crippen molar-refractivity contribution >= 4 is 11.8 Å². The molecule has 0 radical (unpaired) electrons. The monoisotopic (exact) mass is 406 g/mol. The molecule has 7 heteroatoms. The maximum Gasteiger partial charge on any atom is 0.289 e. The standard InChI is InChI=1S/C23H22N2O5/c26-22(24-12-14-25(15-13-24)23(27)21-7-4-16-28-21)17-29-18-8-10-20(11-9-18)30-19-5-2-1-3-6-19/h1-11,16H,12-15,17H2. The van der Waals surface area contributed by atoms with Crippen molar-refractivity contribution in [1.29, 1.82) is 0 Å². The lowest BCUT2D eigenvalue weighted by Crippen LogP contribution is -2.51. The Labute approximate surface area is 174 Å². The smallest absolute Gasteiger partial charge is 0.289 e. The number of carbonyl (C=O) groups is 2. The summed E-state index contributed by atoms with van der Waals surface area (Å²) in [6, 6.07) is 20.0. The molecule has 0 saturated carbocycles. The molecule has 154 valence electrons. The Hall–Kier alpha value is -3.74. The van der Waals surface area contributed by atoms with Gasteiger partial charge in [-0.15, -0.1) is 0 Å². The van der Waals surface area contributed by atoms with E-state index in [0.29, 0.717) is 43.4 Å². The average molecular weight is 406 g/mol. The van der Waals surface area contributed by atoms with Gasteiger partial charge in [0.1, 0.15) is 17.2 Å².